The van der Waals surface area contributed by atoms with Crippen molar-refractivity contribution in [3.8, 4) is 0 Å². The van der Waals surface area contributed by atoms with Crippen molar-refractivity contribution in [1.82, 2.24) is 4.57 Å². The van der Waals surface area contributed by atoms with E-state index in [-0.39, 0.29) is 11.3 Å². The average molecular weight is 295 g/mol. The smallest absolute Gasteiger partial charge is 0.336 e. The Morgan fingerprint density at radius 2 is 2.00 bits per heavy atom. The van der Waals surface area contributed by atoms with Crippen LogP contribution in [0.3, 0.4) is 0 Å². The molecular weight excluding hydrogens is 278 g/mol. The first-order chi connectivity index (χ1) is 9.33. The summed E-state index contributed by atoms with van der Waals surface area (Å²) in [4.78, 5) is 11.1. The molecule has 20 heavy (non-hydrogen) atoms. The van der Waals surface area contributed by atoms with Gasteiger partial charge in [-0.2, -0.15) is 0 Å². The van der Waals surface area contributed by atoms with E-state index in [2.05, 4.69) is 0 Å². The van der Waals surface area contributed by atoms with E-state index in [1.165, 1.54) is 0 Å². The number of hydrogen-bond donors (Lipinski definition) is 1. The zero-order valence-corrected chi connectivity index (χ0v) is 12.2. The van der Waals surface area contributed by atoms with Crippen molar-refractivity contribution in [3.63, 3.8) is 0 Å². The fraction of sp³-hybridized carbons (Fsp3) is 0.357. The molecule has 0 bridgehead atoms. The number of aromatic carboxylic acids is 1. The highest BCUT2D eigenvalue weighted by atomic mass is 32.2. The Morgan fingerprint density at radius 1 is 1.30 bits per heavy atom. The normalized spacial score (nSPS) is 12.2. The molecule has 0 aliphatic heterocycles. The molecule has 6 heteroatoms. The Hall–Kier alpha value is -1.82. The number of carboxylic acids is 1. The summed E-state index contributed by atoms with van der Waals surface area (Å²) in [6.07, 6.45) is 1.73. The molecule has 0 radical (unpaired) electrons. The summed E-state index contributed by atoms with van der Waals surface area (Å²) in [7, 11) is -3.11. The maximum Gasteiger partial charge on any atom is 0.336 e. The fourth-order valence-electron chi connectivity index (χ4n) is 2.07. The van der Waals surface area contributed by atoms with Crippen LogP contribution in [-0.4, -0.2) is 35.1 Å². The maximum absolute atomic E-state index is 11.8. The molecule has 1 aromatic heterocycles. The van der Waals surface area contributed by atoms with Gasteiger partial charge in [-0.15, -0.1) is 0 Å². The highest BCUT2D eigenvalue weighted by molar-refractivity contribution is 7.91. The van der Waals surface area contributed by atoms with E-state index in [0.717, 1.165) is 5.52 Å². The summed E-state index contributed by atoms with van der Waals surface area (Å²) in [5, 5.41) is 9.34. The molecule has 0 fully saturated rings. The van der Waals surface area contributed by atoms with Gasteiger partial charge in [-0.05, 0) is 32.0 Å². The van der Waals surface area contributed by atoms with Gasteiger partial charge in [0.2, 0.25) is 0 Å². The maximum atomic E-state index is 11.8. The molecule has 1 N–H and O–H groups in total. The van der Waals surface area contributed by atoms with Crippen molar-refractivity contribution in [2.24, 2.45) is 0 Å². The van der Waals surface area contributed by atoms with Crippen molar-refractivity contribution in [2.75, 3.05) is 5.75 Å². The van der Waals surface area contributed by atoms with Gasteiger partial charge in [-0.25, -0.2) is 13.2 Å². The Labute approximate surface area is 117 Å². The predicted octanol–water partition coefficient (Wildman–Crippen LogP) is 2.16. The van der Waals surface area contributed by atoms with Crippen LogP contribution in [0.25, 0.3) is 10.9 Å². The topological polar surface area (TPSA) is 76.4 Å². The third-order valence-corrected chi connectivity index (χ3v) is 5.57. The Kier molecular flexibility index (Phi) is 3.85. The highest BCUT2D eigenvalue weighted by Crippen LogP contribution is 2.20. The van der Waals surface area contributed by atoms with Crippen molar-refractivity contribution in [1.29, 1.82) is 0 Å². The van der Waals surface area contributed by atoms with Crippen LogP contribution in [-0.2, 0) is 16.4 Å². The molecule has 0 atom stereocenters. The molecule has 0 aliphatic carbocycles. The number of hydrogen-bond acceptors (Lipinski definition) is 3. The summed E-state index contributed by atoms with van der Waals surface area (Å²) in [6.45, 7) is 3.64. The van der Waals surface area contributed by atoms with Crippen LogP contribution in [0.15, 0.2) is 30.5 Å². The number of rotatable bonds is 5. The van der Waals surface area contributed by atoms with Crippen LogP contribution in [0, 0.1) is 0 Å². The van der Waals surface area contributed by atoms with Crippen LogP contribution < -0.4 is 0 Å². The van der Waals surface area contributed by atoms with Crippen molar-refractivity contribution >= 4 is 26.7 Å². The van der Waals surface area contributed by atoms with Gasteiger partial charge in [0.15, 0.2) is 9.84 Å². The van der Waals surface area contributed by atoms with Crippen LogP contribution in [0.1, 0.15) is 24.2 Å². The fourth-order valence-corrected chi connectivity index (χ4v) is 2.99. The molecule has 108 valence electrons. The lowest BCUT2D eigenvalue weighted by Gasteiger charge is -2.09. The molecule has 0 spiro atoms. The van der Waals surface area contributed by atoms with Gasteiger partial charge in [-0.1, -0.05) is 6.07 Å². The molecule has 2 aromatic rings. The standard InChI is InChI=1S/C14H17NO4S/c1-10(2)20(18,19)9-8-15-7-6-11-12(14(16)17)4-3-5-13(11)15/h3-7,10H,8-9H2,1-2H3,(H,16,17). The van der Waals surface area contributed by atoms with Gasteiger partial charge in [0, 0.05) is 23.6 Å². The summed E-state index contributed by atoms with van der Waals surface area (Å²) >= 11 is 0. The Balaban J connectivity index is 2.34. The lowest BCUT2D eigenvalue weighted by Crippen LogP contribution is -2.20. The van der Waals surface area contributed by atoms with E-state index in [1.54, 1.807) is 48.9 Å². The van der Waals surface area contributed by atoms with Gasteiger partial charge in [0.25, 0.3) is 0 Å². The summed E-state index contributed by atoms with van der Waals surface area (Å²) in [6, 6.07) is 6.71. The second kappa shape index (κ2) is 5.28. The number of nitrogens with zero attached hydrogens (tertiary/aromatic N) is 1. The average Bonchev–Trinajstić information content (AvgIpc) is 2.79. The second-order valence-corrected chi connectivity index (χ2v) is 7.65. The molecular formula is C14H17NO4S. The second-order valence-electron chi connectivity index (χ2n) is 4.97. The first kappa shape index (κ1) is 14.6. The van der Waals surface area contributed by atoms with Crippen molar-refractivity contribution < 1.29 is 18.3 Å². The van der Waals surface area contributed by atoms with E-state index < -0.39 is 21.1 Å². The lowest BCUT2D eigenvalue weighted by atomic mass is 10.1. The van der Waals surface area contributed by atoms with E-state index in [4.69, 9.17) is 5.11 Å². The number of carbonyl (C=O) groups is 1. The number of benzene rings is 1. The quantitative estimate of drug-likeness (QED) is 0.917. The third-order valence-electron chi connectivity index (χ3n) is 3.38. The summed E-state index contributed by atoms with van der Waals surface area (Å²) in [5.41, 5.74) is 0.969. The Morgan fingerprint density at radius 3 is 2.60 bits per heavy atom. The highest BCUT2D eigenvalue weighted by Gasteiger charge is 2.17. The molecule has 0 unspecified atom stereocenters. The zero-order valence-electron chi connectivity index (χ0n) is 11.4. The van der Waals surface area contributed by atoms with E-state index in [9.17, 15) is 13.2 Å². The minimum Gasteiger partial charge on any atom is -0.478 e. The van der Waals surface area contributed by atoms with Crippen molar-refractivity contribution in [3.05, 3.63) is 36.0 Å². The van der Waals surface area contributed by atoms with Crippen LogP contribution in [0.2, 0.25) is 0 Å². The molecule has 1 heterocycles. The van der Waals surface area contributed by atoms with E-state index in [0.29, 0.717) is 11.9 Å². The lowest BCUT2D eigenvalue weighted by molar-refractivity contribution is 0.0699. The molecule has 1 aromatic carbocycles. The summed E-state index contributed by atoms with van der Waals surface area (Å²) in [5.74, 6) is -0.936. The monoisotopic (exact) mass is 295 g/mol. The first-order valence-corrected chi connectivity index (χ1v) is 8.07. The van der Waals surface area contributed by atoms with Crippen LogP contribution in [0.4, 0.5) is 0 Å². The van der Waals surface area contributed by atoms with Gasteiger partial charge >= 0.3 is 5.97 Å². The predicted molar refractivity (Wildman–Crippen MR) is 77.8 cm³/mol. The number of carboxylic acid groups (broad SMARTS) is 1. The molecule has 5 nitrogen and oxygen atoms in total. The molecule has 2 rings (SSSR count). The van der Waals surface area contributed by atoms with Crippen LogP contribution >= 0.6 is 0 Å². The number of sulfone groups is 1. The molecule has 0 aliphatic rings. The van der Waals surface area contributed by atoms with E-state index in [1.807, 2.05) is 0 Å². The Bertz CT molecular complexity index is 744. The largest absolute Gasteiger partial charge is 0.478 e. The van der Waals surface area contributed by atoms with Gasteiger partial charge < -0.3 is 9.67 Å². The molecule has 0 amide bonds. The van der Waals surface area contributed by atoms with Gasteiger partial charge in [0.05, 0.1) is 16.6 Å². The minimum absolute atomic E-state index is 0.0474. The zero-order chi connectivity index (χ0) is 14.9. The third kappa shape index (κ3) is 2.70. The van der Waals surface area contributed by atoms with E-state index >= 15 is 0 Å². The number of fused-ring (bicyclic) bond motifs is 1. The summed E-state index contributed by atoms with van der Waals surface area (Å²) < 4.78 is 25.4. The first-order valence-electron chi connectivity index (χ1n) is 6.35. The van der Waals surface area contributed by atoms with Crippen LogP contribution in [0.5, 0.6) is 0 Å². The number of aryl methyl sites for hydroxylation is 1. The molecule has 0 saturated carbocycles. The van der Waals surface area contributed by atoms with Crippen molar-refractivity contribution in [2.45, 2.75) is 25.6 Å². The molecule has 0 saturated heterocycles. The van der Waals surface area contributed by atoms with Gasteiger partial charge in [0.1, 0.15) is 0 Å². The number of aromatic nitrogens is 1. The minimum atomic E-state index is -3.11. The van der Waals surface area contributed by atoms with Gasteiger partial charge in [-0.3, -0.25) is 0 Å². The SMILES string of the molecule is CC(C)S(=O)(=O)CCn1ccc2c(C(=O)O)cccc21.